The van der Waals surface area contributed by atoms with Crippen molar-refractivity contribution in [2.45, 2.75) is 12.6 Å². The second-order valence-corrected chi connectivity index (χ2v) is 1.99. The quantitative estimate of drug-likeness (QED) is 0.462. The summed E-state index contributed by atoms with van der Waals surface area (Å²) in [6.45, 7) is 0. The number of rotatable bonds is 0. The summed E-state index contributed by atoms with van der Waals surface area (Å²) >= 11 is 0. The summed E-state index contributed by atoms with van der Waals surface area (Å²) in [5, 5.41) is 0. The summed E-state index contributed by atoms with van der Waals surface area (Å²) in [6.07, 6.45) is 1.54. The minimum absolute atomic E-state index is 0.380. The van der Waals surface area contributed by atoms with Crippen LogP contribution in [-0.2, 0) is 0 Å². The highest BCUT2D eigenvalue weighted by molar-refractivity contribution is 5.29. The van der Waals surface area contributed by atoms with Crippen LogP contribution >= 0.6 is 0 Å². The minimum atomic E-state index is -4.18. The van der Waals surface area contributed by atoms with Gasteiger partial charge in [-0.25, -0.2) is 0 Å². The predicted molar refractivity (Wildman–Crippen MR) is 32.2 cm³/mol. The van der Waals surface area contributed by atoms with Crippen LogP contribution in [-0.4, -0.2) is 6.18 Å². The molecule has 0 atom stereocenters. The lowest BCUT2D eigenvalue weighted by atomic mass is 10.1. The molecule has 0 amide bonds. The summed E-state index contributed by atoms with van der Waals surface area (Å²) in [5.74, 6) is 0. The van der Waals surface area contributed by atoms with Gasteiger partial charge in [-0.05, 0) is 6.08 Å². The Morgan fingerprint density at radius 1 is 1.40 bits per heavy atom. The number of allylic oxidation sites excluding steroid dienone is 4. The first kappa shape index (κ1) is 7.25. The average molecular weight is 147 g/mol. The summed E-state index contributed by atoms with van der Waals surface area (Å²) in [4.78, 5) is 0. The van der Waals surface area contributed by atoms with Crippen molar-refractivity contribution in [2.24, 2.45) is 0 Å². The maximum atomic E-state index is 11.8. The van der Waals surface area contributed by atoms with E-state index in [1.165, 1.54) is 12.2 Å². The molecule has 0 heterocycles. The van der Waals surface area contributed by atoms with E-state index in [1.807, 2.05) is 0 Å². The van der Waals surface area contributed by atoms with Gasteiger partial charge < -0.3 is 0 Å². The lowest BCUT2D eigenvalue weighted by Crippen LogP contribution is -2.10. The van der Waals surface area contributed by atoms with Crippen molar-refractivity contribution in [2.75, 3.05) is 0 Å². The molecule has 0 aromatic heterocycles. The van der Waals surface area contributed by atoms with Gasteiger partial charge in [-0.3, -0.25) is 0 Å². The molecule has 1 aliphatic carbocycles. The first-order valence-electron chi connectivity index (χ1n) is 2.88. The zero-order valence-corrected chi connectivity index (χ0v) is 5.15. The van der Waals surface area contributed by atoms with Crippen molar-refractivity contribution in [3.05, 3.63) is 30.2 Å². The molecule has 0 aromatic rings. The molecule has 1 rings (SSSR count). The maximum absolute atomic E-state index is 11.8. The van der Waals surface area contributed by atoms with Gasteiger partial charge in [0.15, 0.2) is 0 Å². The zero-order chi connectivity index (χ0) is 7.61. The van der Waals surface area contributed by atoms with E-state index in [0.29, 0.717) is 6.42 Å². The van der Waals surface area contributed by atoms with E-state index < -0.39 is 11.7 Å². The third kappa shape index (κ3) is 1.56. The monoisotopic (exact) mass is 147 g/mol. The van der Waals surface area contributed by atoms with Crippen molar-refractivity contribution in [3.63, 3.8) is 0 Å². The summed E-state index contributed by atoms with van der Waals surface area (Å²) < 4.78 is 35.4. The molecule has 0 fully saturated rings. The molecule has 0 unspecified atom stereocenters. The van der Waals surface area contributed by atoms with E-state index in [0.717, 1.165) is 6.08 Å². The van der Waals surface area contributed by atoms with Crippen molar-refractivity contribution in [1.29, 1.82) is 0 Å². The topological polar surface area (TPSA) is 0 Å². The van der Waals surface area contributed by atoms with Gasteiger partial charge in [0, 0.05) is 6.42 Å². The second kappa shape index (κ2) is 2.40. The van der Waals surface area contributed by atoms with Crippen LogP contribution in [0, 0.1) is 6.42 Å². The highest BCUT2D eigenvalue weighted by atomic mass is 19.4. The third-order valence-electron chi connectivity index (χ3n) is 1.21. The zero-order valence-electron chi connectivity index (χ0n) is 5.15. The van der Waals surface area contributed by atoms with Crippen molar-refractivity contribution in [3.8, 4) is 0 Å². The highest BCUT2D eigenvalue weighted by Crippen LogP contribution is 2.28. The number of halogens is 3. The highest BCUT2D eigenvalue weighted by Gasteiger charge is 2.35. The molecule has 0 N–H and O–H groups in total. The SMILES string of the molecule is FC(F)(F)C1=CC[CH+]C=C1. The molecule has 0 saturated heterocycles. The van der Waals surface area contributed by atoms with Gasteiger partial charge in [-0.15, -0.1) is 0 Å². The first-order chi connectivity index (χ1) is 4.61. The Morgan fingerprint density at radius 2 is 2.10 bits per heavy atom. The molecular weight excluding hydrogens is 141 g/mol. The molecule has 1 aliphatic rings. The largest absolute Gasteiger partial charge is 0.434 e. The summed E-state index contributed by atoms with van der Waals surface area (Å²) in [5.41, 5.74) is -0.546. The van der Waals surface area contributed by atoms with E-state index in [4.69, 9.17) is 0 Å². The molecule has 0 radical (unpaired) electrons. The van der Waals surface area contributed by atoms with Crippen LogP contribution in [0.25, 0.3) is 0 Å². The Hall–Kier alpha value is -0.860. The molecule has 3 heteroatoms. The molecule has 54 valence electrons. The Morgan fingerprint density at radius 3 is 2.40 bits per heavy atom. The van der Waals surface area contributed by atoms with E-state index in [9.17, 15) is 13.2 Å². The fourth-order valence-electron chi connectivity index (χ4n) is 0.724. The lowest BCUT2D eigenvalue weighted by Gasteiger charge is -2.04. The van der Waals surface area contributed by atoms with Crippen LogP contribution in [0.5, 0.6) is 0 Å². The standard InChI is InChI=1S/C7H6F3/c8-7(9,10)6-4-2-1-3-5-6/h1-2,4-5H,3H2/q+1. The van der Waals surface area contributed by atoms with Crippen molar-refractivity contribution in [1.82, 2.24) is 0 Å². The Kier molecular flexibility index (Phi) is 1.74. The van der Waals surface area contributed by atoms with Gasteiger partial charge in [0.1, 0.15) is 5.57 Å². The molecule has 0 aromatic carbocycles. The van der Waals surface area contributed by atoms with Gasteiger partial charge >= 0.3 is 6.18 Å². The molecule has 0 saturated carbocycles. The average Bonchev–Trinajstić information content (AvgIpc) is 1.88. The molecule has 10 heavy (non-hydrogen) atoms. The molecule has 0 nitrogen and oxygen atoms in total. The molecule has 0 bridgehead atoms. The van der Waals surface area contributed by atoms with Crippen molar-refractivity contribution < 1.29 is 13.2 Å². The van der Waals surface area contributed by atoms with Crippen LogP contribution in [0.4, 0.5) is 13.2 Å². The van der Waals surface area contributed by atoms with Crippen LogP contribution in [0.1, 0.15) is 6.42 Å². The van der Waals surface area contributed by atoms with Crippen LogP contribution in [0.15, 0.2) is 23.8 Å². The van der Waals surface area contributed by atoms with Crippen molar-refractivity contribution >= 4 is 0 Å². The fourth-order valence-corrected chi connectivity index (χ4v) is 0.724. The van der Waals surface area contributed by atoms with E-state index in [-0.39, 0.29) is 0 Å². The van der Waals surface area contributed by atoms with Gasteiger partial charge in [0.2, 0.25) is 0 Å². The first-order valence-corrected chi connectivity index (χ1v) is 2.88. The van der Waals surface area contributed by atoms with Crippen LogP contribution < -0.4 is 0 Å². The van der Waals surface area contributed by atoms with Gasteiger partial charge in [-0.1, -0.05) is 0 Å². The fraction of sp³-hybridized carbons (Fsp3) is 0.286. The Bertz CT molecular complexity index is 174. The third-order valence-corrected chi connectivity index (χ3v) is 1.21. The molecular formula is C7H6F3+. The number of alkyl halides is 3. The smallest absolute Gasteiger partial charge is 0.164 e. The maximum Gasteiger partial charge on any atom is 0.434 e. The number of hydrogen-bond acceptors (Lipinski definition) is 0. The lowest BCUT2D eigenvalue weighted by molar-refractivity contribution is -0.0885. The Labute approximate surface area is 57.0 Å². The van der Waals surface area contributed by atoms with E-state index in [1.54, 1.807) is 6.42 Å². The van der Waals surface area contributed by atoms with Gasteiger partial charge in [0.05, 0.1) is 18.6 Å². The minimum Gasteiger partial charge on any atom is -0.164 e. The number of hydrogen-bond donors (Lipinski definition) is 0. The van der Waals surface area contributed by atoms with Gasteiger partial charge in [-0.2, -0.15) is 13.2 Å². The molecule has 0 spiro atoms. The van der Waals surface area contributed by atoms with Crippen LogP contribution in [0.3, 0.4) is 0 Å². The normalized spacial score (nSPS) is 18.1. The van der Waals surface area contributed by atoms with E-state index in [2.05, 4.69) is 0 Å². The van der Waals surface area contributed by atoms with Crippen LogP contribution in [0.2, 0.25) is 0 Å². The molecule has 0 aliphatic heterocycles. The van der Waals surface area contributed by atoms with Gasteiger partial charge in [0.25, 0.3) is 0 Å². The van der Waals surface area contributed by atoms with E-state index >= 15 is 0 Å². The second-order valence-electron chi connectivity index (χ2n) is 1.99. The predicted octanol–water partition coefficient (Wildman–Crippen LogP) is 2.64. The summed E-state index contributed by atoms with van der Waals surface area (Å²) in [6, 6.07) is 0. The Balaban J connectivity index is 2.73. The summed E-state index contributed by atoms with van der Waals surface area (Å²) in [7, 11) is 0.